The molecule has 0 atom stereocenters. The Morgan fingerprint density at radius 2 is 1.67 bits per heavy atom. The van der Waals surface area contributed by atoms with Crippen molar-refractivity contribution in [3.8, 4) is 0 Å². The average molecular weight is 414 g/mol. The summed E-state index contributed by atoms with van der Waals surface area (Å²) in [6.45, 7) is 3.18. The molecule has 0 radical (unpaired) electrons. The molecule has 0 aliphatic carbocycles. The average Bonchev–Trinajstić information content (AvgIpc) is 2.98. The quantitative estimate of drug-likeness (QED) is 0.666. The smallest absolute Gasteiger partial charge is 0.286 e. The molecule has 24 heavy (non-hydrogen) atoms. The molecule has 9 heteroatoms. The summed E-state index contributed by atoms with van der Waals surface area (Å²) >= 11 is 3.20. The van der Waals surface area contributed by atoms with Crippen molar-refractivity contribution in [2.45, 2.75) is 24.0 Å². The number of carbonyl (C=O) groups is 2. The molecule has 0 spiro atoms. The fourth-order valence-electron chi connectivity index (χ4n) is 1.82. The van der Waals surface area contributed by atoms with Crippen LogP contribution in [0.4, 0.5) is 0 Å². The second-order valence-electron chi connectivity index (χ2n) is 5.26. The van der Waals surface area contributed by atoms with Gasteiger partial charge in [-0.3, -0.25) is 20.4 Å². The molecule has 0 aliphatic heterocycles. The Kier molecular flexibility index (Phi) is 5.45. The van der Waals surface area contributed by atoms with E-state index < -0.39 is 26.9 Å². The highest BCUT2D eigenvalue weighted by Crippen LogP contribution is 2.16. The van der Waals surface area contributed by atoms with E-state index in [-0.39, 0.29) is 16.2 Å². The lowest BCUT2D eigenvalue weighted by molar-refractivity contribution is 0.0844. The summed E-state index contributed by atoms with van der Waals surface area (Å²) in [5, 5.41) is -0.545. The monoisotopic (exact) mass is 413 g/mol. The predicted octanol–water partition coefficient (Wildman–Crippen LogP) is 2.03. The van der Waals surface area contributed by atoms with Crippen molar-refractivity contribution in [3.05, 3.63) is 52.3 Å². The third-order valence-corrected chi connectivity index (χ3v) is 5.88. The fraction of sp³-hybridized carbons (Fsp3) is 0.200. The van der Waals surface area contributed by atoms with Crippen LogP contribution < -0.4 is 10.9 Å². The first-order chi connectivity index (χ1) is 11.2. The van der Waals surface area contributed by atoms with Gasteiger partial charge in [-0.25, -0.2) is 8.42 Å². The van der Waals surface area contributed by atoms with Gasteiger partial charge in [-0.05, 0) is 60.1 Å². The van der Waals surface area contributed by atoms with Crippen molar-refractivity contribution < 1.29 is 18.0 Å². The number of hydrazine groups is 1. The molecule has 0 saturated carbocycles. The Balaban J connectivity index is 2.02. The van der Waals surface area contributed by atoms with Crippen LogP contribution in [-0.2, 0) is 9.84 Å². The molecule has 1 aromatic carbocycles. The highest BCUT2D eigenvalue weighted by Gasteiger charge is 2.19. The summed E-state index contributed by atoms with van der Waals surface area (Å²) in [7, 11) is -3.39. The van der Waals surface area contributed by atoms with Crippen molar-refractivity contribution in [1.82, 2.24) is 15.8 Å². The Morgan fingerprint density at radius 3 is 2.17 bits per heavy atom. The number of sulfone groups is 1. The second-order valence-corrected chi connectivity index (χ2v) is 8.68. The number of nitrogens with one attached hydrogen (secondary N) is 3. The number of rotatable bonds is 4. The zero-order chi connectivity index (χ0) is 17.9. The summed E-state index contributed by atoms with van der Waals surface area (Å²) in [6, 6.07) is 7.08. The van der Waals surface area contributed by atoms with E-state index in [0.29, 0.717) is 4.47 Å². The van der Waals surface area contributed by atoms with Crippen LogP contribution in [0.25, 0.3) is 0 Å². The van der Waals surface area contributed by atoms with E-state index in [1.54, 1.807) is 26.1 Å². The van der Waals surface area contributed by atoms with Gasteiger partial charge in [-0.1, -0.05) is 0 Å². The topological polar surface area (TPSA) is 108 Å². The summed E-state index contributed by atoms with van der Waals surface area (Å²) in [5.74, 6) is -1.06. The van der Waals surface area contributed by atoms with Gasteiger partial charge in [-0.2, -0.15) is 0 Å². The van der Waals surface area contributed by atoms with Crippen LogP contribution in [0.2, 0.25) is 0 Å². The molecule has 0 saturated heterocycles. The number of halogens is 1. The molecule has 2 aromatic rings. The highest BCUT2D eigenvalue weighted by atomic mass is 79.9. The Morgan fingerprint density at radius 1 is 1.08 bits per heavy atom. The summed E-state index contributed by atoms with van der Waals surface area (Å²) < 4.78 is 24.8. The fourth-order valence-corrected chi connectivity index (χ4v) is 3.22. The minimum Gasteiger partial charge on any atom is -0.356 e. The van der Waals surface area contributed by atoms with Crippen molar-refractivity contribution in [3.63, 3.8) is 0 Å². The summed E-state index contributed by atoms with van der Waals surface area (Å²) in [4.78, 5) is 26.7. The number of aromatic nitrogens is 1. The first kappa shape index (κ1) is 18.2. The van der Waals surface area contributed by atoms with Gasteiger partial charge in [0, 0.05) is 16.2 Å². The van der Waals surface area contributed by atoms with Gasteiger partial charge in [0.05, 0.1) is 10.1 Å². The van der Waals surface area contributed by atoms with E-state index in [1.807, 2.05) is 0 Å². The lowest BCUT2D eigenvalue weighted by Crippen LogP contribution is -2.41. The maximum atomic E-state index is 12.0. The standard InChI is InChI=1S/C15H16BrN3O4S/c1-9(2)24(22,23)12-5-3-10(4-6-12)14(20)18-19-15(21)13-7-11(16)8-17-13/h3-9,17H,1-2H3,(H,18,20)(H,19,21). The molecule has 0 fully saturated rings. The van der Waals surface area contributed by atoms with E-state index in [4.69, 9.17) is 0 Å². The predicted molar refractivity (Wildman–Crippen MR) is 92.2 cm³/mol. The summed E-state index contributed by atoms with van der Waals surface area (Å²) in [6.07, 6.45) is 1.59. The van der Waals surface area contributed by atoms with Crippen LogP contribution in [0.5, 0.6) is 0 Å². The minimum absolute atomic E-state index is 0.148. The minimum atomic E-state index is -3.39. The van der Waals surface area contributed by atoms with Gasteiger partial charge in [0.25, 0.3) is 11.8 Å². The van der Waals surface area contributed by atoms with Crippen molar-refractivity contribution >= 4 is 37.6 Å². The van der Waals surface area contributed by atoms with Gasteiger partial charge in [0.15, 0.2) is 9.84 Å². The molecular weight excluding hydrogens is 398 g/mol. The Hall–Kier alpha value is -2.13. The second kappa shape index (κ2) is 7.18. The number of aromatic amines is 1. The van der Waals surface area contributed by atoms with Crippen LogP contribution in [0, 0.1) is 0 Å². The zero-order valence-corrected chi connectivity index (χ0v) is 15.4. The maximum Gasteiger partial charge on any atom is 0.286 e. The number of H-pyrrole nitrogens is 1. The van der Waals surface area contributed by atoms with Gasteiger partial charge in [0.1, 0.15) is 5.69 Å². The Bertz CT molecular complexity index is 857. The SMILES string of the molecule is CC(C)S(=O)(=O)c1ccc(C(=O)NNC(=O)c2cc(Br)c[nH]2)cc1. The molecule has 1 heterocycles. The molecule has 0 unspecified atom stereocenters. The van der Waals surface area contributed by atoms with Gasteiger partial charge < -0.3 is 4.98 Å². The lowest BCUT2D eigenvalue weighted by atomic mass is 10.2. The summed E-state index contributed by atoms with van der Waals surface area (Å²) in [5.41, 5.74) is 5.03. The van der Waals surface area contributed by atoms with E-state index in [0.717, 1.165) is 0 Å². The number of benzene rings is 1. The molecular formula is C15H16BrN3O4S. The number of hydrogen-bond donors (Lipinski definition) is 3. The van der Waals surface area contributed by atoms with Crippen LogP contribution >= 0.6 is 15.9 Å². The first-order valence-corrected chi connectivity index (χ1v) is 9.34. The largest absolute Gasteiger partial charge is 0.356 e. The van der Waals surface area contributed by atoms with Crippen LogP contribution in [0.3, 0.4) is 0 Å². The molecule has 128 valence electrons. The maximum absolute atomic E-state index is 12.0. The normalized spacial score (nSPS) is 11.3. The lowest BCUT2D eigenvalue weighted by Gasteiger charge is -2.09. The Labute approximate surface area is 147 Å². The third-order valence-electron chi connectivity index (χ3n) is 3.25. The van der Waals surface area contributed by atoms with Gasteiger partial charge >= 0.3 is 0 Å². The van der Waals surface area contributed by atoms with E-state index in [1.165, 1.54) is 24.3 Å². The highest BCUT2D eigenvalue weighted by molar-refractivity contribution is 9.10. The van der Waals surface area contributed by atoms with E-state index >= 15 is 0 Å². The zero-order valence-electron chi connectivity index (χ0n) is 13.0. The molecule has 2 rings (SSSR count). The molecule has 0 bridgehead atoms. The van der Waals surface area contributed by atoms with Crippen molar-refractivity contribution in [2.75, 3.05) is 0 Å². The van der Waals surface area contributed by atoms with E-state index in [2.05, 4.69) is 31.8 Å². The van der Waals surface area contributed by atoms with E-state index in [9.17, 15) is 18.0 Å². The third kappa shape index (κ3) is 4.04. The molecule has 1 aromatic heterocycles. The van der Waals surface area contributed by atoms with Crippen molar-refractivity contribution in [1.29, 1.82) is 0 Å². The number of amides is 2. The number of carbonyl (C=O) groups excluding carboxylic acids is 2. The van der Waals surface area contributed by atoms with Crippen molar-refractivity contribution in [2.24, 2.45) is 0 Å². The molecule has 0 aliphatic rings. The van der Waals surface area contributed by atoms with Crippen LogP contribution in [0.1, 0.15) is 34.7 Å². The number of hydrogen-bond acceptors (Lipinski definition) is 4. The molecule has 7 nitrogen and oxygen atoms in total. The molecule has 3 N–H and O–H groups in total. The molecule has 2 amide bonds. The van der Waals surface area contributed by atoms with Crippen LogP contribution in [-0.4, -0.2) is 30.5 Å². The van der Waals surface area contributed by atoms with Crippen LogP contribution in [0.15, 0.2) is 45.9 Å². The van der Waals surface area contributed by atoms with Gasteiger partial charge in [-0.15, -0.1) is 0 Å². The first-order valence-electron chi connectivity index (χ1n) is 7.00. The van der Waals surface area contributed by atoms with Gasteiger partial charge in [0.2, 0.25) is 0 Å².